The molecule has 7 nitrogen and oxygen atoms in total. The Morgan fingerprint density at radius 1 is 1.19 bits per heavy atom. The van der Waals surface area contributed by atoms with Crippen molar-refractivity contribution in [3.8, 4) is 0 Å². The first-order chi connectivity index (χ1) is 15.5. The van der Waals surface area contributed by atoms with Gasteiger partial charge in [-0.2, -0.15) is 0 Å². The predicted molar refractivity (Wildman–Crippen MR) is 130 cm³/mol. The number of rotatable bonds is 6. The molecule has 0 unspecified atom stereocenters. The number of urea groups is 1. The number of allylic oxidation sites excluding steroid dienone is 1. The molecule has 0 radical (unpaired) electrons. The van der Waals surface area contributed by atoms with Gasteiger partial charge >= 0.3 is 6.03 Å². The molecule has 172 valence electrons. The standard InChI is InChI=1S/C23H31N5O2S2/c1-15-16(2)32-22(25-15)27-20(29)19-14-31-21(26-19)18-9-12-28(13-10-18)23(30)24-11-8-17-6-4-3-5-7-17/h6,14,18H,3-5,7-13H2,1-2H3,(H,24,30)(H,25,27,29). The van der Waals surface area contributed by atoms with Crippen LogP contribution >= 0.6 is 22.7 Å². The number of hydrogen-bond acceptors (Lipinski definition) is 6. The van der Waals surface area contributed by atoms with Crippen molar-refractivity contribution >= 4 is 39.7 Å². The zero-order chi connectivity index (χ0) is 22.5. The van der Waals surface area contributed by atoms with Crippen LogP contribution in [0.5, 0.6) is 0 Å². The van der Waals surface area contributed by atoms with Gasteiger partial charge in [-0.15, -0.1) is 22.7 Å². The van der Waals surface area contributed by atoms with Crippen molar-refractivity contribution in [2.45, 2.75) is 64.7 Å². The number of hydrogen-bond donors (Lipinski definition) is 2. The van der Waals surface area contributed by atoms with Crippen LogP contribution in [-0.2, 0) is 0 Å². The molecule has 9 heteroatoms. The van der Waals surface area contributed by atoms with E-state index in [1.165, 1.54) is 53.9 Å². The van der Waals surface area contributed by atoms with Gasteiger partial charge in [-0.1, -0.05) is 11.6 Å². The molecule has 0 atom stereocenters. The third kappa shape index (κ3) is 5.75. The first kappa shape index (κ1) is 22.9. The van der Waals surface area contributed by atoms with Crippen molar-refractivity contribution in [1.29, 1.82) is 0 Å². The fourth-order valence-corrected chi connectivity index (χ4v) is 5.95. The van der Waals surface area contributed by atoms with E-state index < -0.39 is 0 Å². The van der Waals surface area contributed by atoms with E-state index in [0.29, 0.717) is 23.3 Å². The Kier molecular flexibility index (Phi) is 7.57. The van der Waals surface area contributed by atoms with Gasteiger partial charge in [-0.05, 0) is 58.8 Å². The zero-order valence-corrected chi connectivity index (χ0v) is 20.4. The molecule has 0 saturated carbocycles. The first-order valence-corrected chi connectivity index (χ1v) is 13.1. The lowest BCUT2D eigenvalue weighted by Crippen LogP contribution is -2.44. The van der Waals surface area contributed by atoms with E-state index in [4.69, 9.17) is 0 Å². The molecule has 3 heterocycles. The van der Waals surface area contributed by atoms with E-state index in [-0.39, 0.29) is 11.9 Å². The second-order valence-electron chi connectivity index (χ2n) is 8.54. The number of carbonyl (C=O) groups is 2. The van der Waals surface area contributed by atoms with Crippen LogP contribution in [0.4, 0.5) is 9.93 Å². The number of aromatic nitrogens is 2. The van der Waals surface area contributed by atoms with Gasteiger partial charge in [0.1, 0.15) is 5.69 Å². The van der Waals surface area contributed by atoms with Gasteiger partial charge in [0, 0.05) is 35.8 Å². The number of amides is 3. The first-order valence-electron chi connectivity index (χ1n) is 11.4. The highest BCUT2D eigenvalue weighted by atomic mass is 32.1. The molecular weight excluding hydrogens is 442 g/mol. The Morgan fingerprint density at radius 3 is 2.69 bits per heavy atom. The minimum absolute atomic E-state index is 0.0353. The summed E-state index contributed by atoms with van der Waals surface area (Å²) < 4.78 is 0. The molecule has 32 heavy (non-hydrogen) atoms. The fourth-order valence-electron chi connectivity index (χ4n) is 4.17. The summed E-state index contributed by atoms with van der Waals surface area (Å²) in [6.45, 7) is 6.08. The van der Waals surface area contributed by atoms with Gasteiger partial charge in [-0.3, -0.25) is 10.1 Å². The smallest absolute Gasteiger partial charge is 0.317 e. The second-order valence-corrected chi connectivity index (χ2v) is 10.6. The summed E-state index contributed by atoms with van der Waals surface area (Å²) in [5.41, 5.74) is 2.86. The summed E-state index contributed by atoms with van der Waals surface area (Å²) in [6, 6.07) is 0.0353. The second kappa shape index (κ2) is 10.6. The molecule has 1 fully saturated rings. The minimum Gasteiger partial charge on any atom is -0.338 e. The maximum Gasteiger partial charge on any atom is 0.317 e. The highest BCUT2D eigenvalue weighted by Crippen LogP contribution is 2.31. The van der Waals surface area contributed by atoms with Gasteiger partial charge in [0.2, 0.25) is 0 Å². The summed E-state index contributed by atoms with van der Waals surface area (Å²) in [4.78, 5) is 37.0. The van der Waals surface area contributed by atoms with E-state index in [2.05, 4.69) is 26.7 Å². The van der Waals surface area contributed by atoms with Crippen LogP contribution in [0.25, 0.3) is 0 Å². The minimum atomic E-state index is -0.217. The normalized spacial score (nSPS) is 17.2. The number of nitrogens with zero attached hydrogens (tertiary/aromatic N) is 3. The van der Waals surface area contributed by atoms with Crippen molar-refractivity contribution in [3.63, 3.8) is 0 Å². The van der Waals surface area contributed by atoms with Crippen LogP contribution in [0, 0.1) is 13.8 Å². The van der Waals surface area contributed by atoms with Crippen molar-refractivity contribution < 1.29 is 9.59 Å². The monoisotopic (exact) mass is 473 g/mol. The van der Waals surface area contributed by atoms with Crippen molar-refractivity contribution in [1.82, 2.24) is 20.2 Å². The van der Waals surface area contributed by atoms with E-state index in [1.807, 2.05) is 24.1 Å². The van der Waals surface area contributed by atoms with Crippen LogP contribution in [0.2, 0.25) is 0 Å². The predicted octanol–water partition coefficient (Wildman–Crippen LogP) is 5.25. The Bertz CT molecular complexity index is 969. The summed E-state index contributed by atoms with van der Waals surface area (Å²) in [6.07, 6.45) is 9.98. The average Bonchev–Trinajstić information content (AvgIpc) is 3.41. The molecule has 2 aromatic heterocycles. The molecule has 4 rings (SSSR count). The van der Waals surface area contributed by atoms with E-state index in [1.54, 1.807) is 0 Å². The number of likely N-dealkylation sites (tertiary alicyclic amines) is 1. The van der Waals surface area contributed by atoms with Crippen molar-refractivity contribution in [2.24, 2.45) is 0 Å². The largest absolute Gasteiger partial charge is 0.338 e. The van der Waals surface area contributed by atoms with Gasteiger partial charge in [-0.25, -0.2) is 14.8 Å². The Labute approximate surface area is 197 Å². The van der Waals surface area contributed by atoms with Gasteiger partial charge in [0.25, 0.3) is 5.91 Å². The Hall–Kier alpha value is -2.26. The molecule has 1 saturated heterocycles. The van der Waals surface area contributed by atoms with Crippen LogP contribution in [-0.4, -0.2) is 46.4 Å². The van der Waals surface area contributed by atoms with Crippen LogP contribution in [0.15, 0.2) is 17.0 Å². The Morgan fingerprint density at radius 2 is 2.00 bits per heavy atom. The molecule has 0 spiro atoms. The number of thiazole rings is 2. The molecule has 0 bridgehead atoms. The molecule has 2 aliphatic rings. The van der Waals surface area contributed by atoms with Gasteiger partial charge in [0.15, 0.2) is 5.13 Å². The highest BCUT2D eigenvalue weighted by molar-refractivity contribution is 7.15. The SMILES string of the molecule is Cc1nc(NC(=O)c2csc(C3CCN(C(=O)NCCC4=CCCCC4)CC3)n2)sc1C. The third-order valence-corrected chi connectivity index (χ3v) is 8.24. The number of anilines is 1. The maximum absolute atomic E-state index is 12.5. The molecule has 1 aliphatic carbocycles. The topological polar surface area (TPSA) is 87.2 Å². The summed E-state index contributed by atoms with van der Waals surface area (Å²) in [5.74, 6) is 0.0773. The Balaban J connectivity index is 1.22. The van der Waals surface area contributed by atoms with Crippen LogP contribution < -0.4 is 10.6 Å². The lowest BCUT2D eigenvalue weighted by atomic mass is 9.97. The third-order valence-electron chi connectivity index (χ3n) is 6.24. The summed E-state index contributed by atoms with van der Waals surface area (Å²) in [7, 11) is 0. The number of carbonyl (C=O) groups excluding carboxylic acids is 2. The van der Waals surface area contributed by atoms with E-state index in [9.17, 15) is 9.59 Å². The summed E-state index contributed by atoms with van der Waals surface area (Å²) in [5, 5.41) is 9.33. The molecule has 1 aliphatic heterocycles. The van der Waals surface area contributed by atoms with Crippen LogP contribution in [0.1, 0.15) is 76.9 Å². The molecule has 2 N–H and O–H groups in total. The molecule has 0 aromatic carbocycles. The lowest BCUT2D eigenvalue weighted by Gasteiger charge is -2.31. The van der Waals surface area contributed by atoms with Crippen LogP contribution in [0.3, 0.4) is 0 Å². The maximum atomic E-state index is 12.5. The fraction of sp³-hybridized carbons (Fsp3) is 0.565. The quantitative estimate of drug-likeness (QED) is 0.561. The van der Waals surface area contributed by atoms with Gasteiger partial charge in [0.05, 0.1) is 10.7 Å². The number of nitrogens with one attached hydrogen (secondary N) is 2. The highest BCUT2D eigenvalue weighted by Gasteiger charge is 2.26. The summed E-state index contributed by atoms with van der Waals surface area (Å²) >= 11 is 3.00. The van der Waals surface area contributed by atoms with E-state index in [0.717, 1.165) is 47.9 Å². The van der Waals surface area contributed by atoms with Crippen molar-refractivity contribution in [3.05, 3.63) is 38.3 Å². The number of aryl methyl sites for hydroxylation is 2. The molecular formula is C23H31N5O2S2. The average molecular weight is 474 g/mol. The van der Waals surface area contributed by atoms with Crippen molar-refractivity contribution in [2.75, 3.05) is 25.0 Å². The number of piperidine rings is 1. The molecule has 2 aromatic rings. The zero-order valence-electron chi connectivity index (χ0n) is 18.8. The van der Waals surface area contributed by atoms with Gasteiger partial charge < -0.3 is 10.2 Å². The lowest BCUT2D eigenvalue weighted by molar-refractivity contribution is 0.102. The van der Waals surface area contributed by atoms with E-state index >= 15 is 0 Å². The molecule has 3 amide bonds.